The van der Waals surface area contributed by atoms with E-state index in [1.807, 2.05) is 31.2 Å². The second kappa shape index (κ2) is 8.86. The zero-order valence-electron chi connectivity index (χ0n) is 16.4. The number of nitrogens with one attached hydrogen (secondary N) is 1. The van der Waals surface area contributed by atoms with E-state index in [0.29, 0.717) is 12.0 Å². The summed E-state index contributed by atoms with van der Waals surface area (Å²) in [5.74, 6) is 0.978. The Morgan fingerprint density at radius 3 is 2.92 bits per heavy atom. The molecular formula is C19H33N5O2. The lowest BCUT2D eigenvalue weighted by Gasteiger charge is -2.37. The van der Waals surface area contributed by atoms with E-state index in [1.165, 1.54) is 25.7 Å². The maximum absolute atomic E-state index is 5.96. The highest BCUT2D eigenvalue weighted by Gasteiger charge is 2.34. The third-order valence-corrected chi connectivity index (χ3v) is 5.80. The molecule has 1 aromatic heterocycles. The van der Waals surface area contributed by atoms with Crippen LogP contribution in [0.1, 0.15) is 43.8 Å². The van der Waals surface area contributed by atoms with E-state index in [-0.39, 0.29) is 6.10 Å². The van der Waals surface area contributed by atoms with Crippen LogP contribution in [0, 0.1) is 5.41 Å². The Balaban J connectivity index is 1.59. The molecule has 1 aliphatic heterocycles. The molecule has 2 heterocycles. The molecule has 1 saturated carbocycles. The summed E-state index contributed by atoms with van der Waals surface area (Å²) >= 11 is 0. The summed E-state index contributed by atoms with van der Waals surface area (Å²) < 4.78 is 13.1. The molecule has 0 amide bonds. The van der Waals surface area contributed by atoms with Crippen LogP contribution in [-0.4, -0.2) is 67.6 Å². The molecule has 2 aliphatic rings. The van der Waals surface area contributed by atoms with Crippen molar-refractivity contribution in [1.29, 1.82) is 0 Å². The lowest BCUT2D eigenvalue weighted by atomic mass is 9.83. The van der Waals surface area contributed by atoms with Crippen LogP contribution in [0.4, 0.5) is 0 Å². The molecule has 3 rings (SSSR count). The molecule has 1 N–H and O–H groups in total. The minimum atomic E-state index is 0.0462. The summed E-state index contributed by atoms with van der Waals surface area (Å²) in [6.45, 7) is 4.17. The normalized spacial score (nSPS) is 23.4. The molecule has 7 heteroatoms. The van der Waals surface area contributed by atoms with E-state index in [1.54, 1.807) is 7.11 Å². The first-order valence-electron chi connectivity index (χ1n) is 9.70. The van der Waals surface area contributed by atoms with Crippen molar-refractivity contribution in [3.63, 3.8) is 0 Å². The van der Waals surface area contributed by atoms with E-state index in [9.17, 15) is 0 Å². The minimum absolute atomic E-state index is 0.0462. The Bertz CT molecular complexity index is 595. The summed E-state index contributed by atoms with van der Waals surface area (Å²) in [5, 5.41) is 7.92. The van der Waals surface area contributed by atoms with Gasteiger partial charge in [0.05, 0.1) is 19.3 Å². The highest BCUT2D eigenvalue weighted by atomic mass is 16.5. The van der Waals surface area contributed by atoms with Gasteiger partial charge in [0.15, 0.2) is 5.96 Å². The zero-order chi connectivity index (χ0) is 18.4. The van der Waals surface area contributed by atoms with E-state index < -0.39 is 0 Å². The number of aromatic nitrogens is 2. The first-order valence-corrected chi connectivity index (χ1v) is 9.70. The molecule has 7 nitrogen and oxygen atoms in total. The Morgan fingerprint density at radius 1 is 1.46 bits per heavy atom. The van der Waals surface area contributed by atoms with Gasteiger partial charge in [-0.25, -0.2) is 0 Å². The van der Waals surface area contributed by atoms with Gasteiger partial charge in [0.25, 0.3) is 0 Å². The van der Waals surface area contributed by atoms with Gasteiger partial charge in [0.1, 0.15) is 6.10 Å². The maximum Gasteiger partial charge on any atom is 0.193 e. The molecule has 1 saturated heterocycles. The van der Waals surface area contributed by atoms with Gasteiger partial charge in [0.2, 0.25) is 0 Å². The van der Waals surface area contributed by atoms with Gasteiger partial charge in [-0.1, -0.05) is 12.8 Å². The SMILES string of the molecule is CN=C(NCC1(CCOC)CCCC1)N1CCOC(c2cnn(C)c2)C1. The monoisotopic (exact) mass is 363 g/mol. The number of hydrogen-bond acceptors (Lipinski definition) is 4. The van der Waals surface area contributed by atoms with Crippen LogP contribution in [0.5, 0.6) is 0 Å². The van der Waals surface area contributed by atoms with Crippen LogP contribution in [0.25, 0.3) is 0 Å². The molecule has 146 valence electrons. The lowest BCUT2D eigenvalue weighted by molar-refractivity contribution is -0.00826. The smallest absolute Gasteiger partial charge is 0.193 e. The largest absolute Gasteiger partial charge is 0.385 e. The van der Waals surface area contributed by atoms with Gasteiger partial charge >= 0.3 is 0 Å². The molecule has 0 aromatic carbocycles. The fourth-order valence-corrected chi connectivity index (χ4v) is 4.21. The number of nitrogens with zero attached hydrogens (tertiary/aromatic N) is 4. The summed E-state index contributed by atoms with van der Waals surface area (Å²) in [4.78, 5) is 6.85. The summed E-state index contributed by atoms with van der Waals surface area (Å²) in [5.41, 5.74) is 1.47. The average Bonchev–Trinajstić information content (AvgIpc) is 3.31. The van der Waals surface area contributed by atoms with Crippen LogP contribution >= 0.6 is 0 Å². The first-order chi connectivity index (χ1) is 12.7. The van der Waals surface area contributed by atoms with Crippen molar-refractivity contribution < 1.29 is 9.47 Å². The number of methoxy groups -OCH3 is 1. The number of rotatable bonds is 6. The number of guanidine groups is 1. The molecule has 1 atom stereocenters. The van der Waals surface area contributed by atoms with Crippen LogP contribution in [0.15, 0.2) is 17.4 Å². The number of aliphatic imine (C=N–C) groups is 1. The third-order valence-electron chi connectivity index (χ3n) is 5.80. The quantitative estimate of drug-likeness (QED) is 0.618. The van der Waals surface area contributed by atoms with Gasteiger partial charge in [0, 0.05) is 52.7 Å². The van der Waals surface area contributed by atoms with E-state index in [0.717, 1.165) is 44.2 Å². The van der Waals surface area contributed by atoms with E-state index >= 15 is 0 Å². The van der Waals surface area contributed by atoms with Crippen molar-refractivity contribution in [2.24, 2.45) is 17.5 Å². The summed E-state index contributed by atoms with van der Waals surface area (Å²) in [7, 11) is 5.60. The molecular weight excluding hydrogens is 330 g/mol. The van der Waals surface area contributed by atoms with Gasteiger partial charge in [-0.05, 0) is 24.7 Å². The second-order valence-electron chi connectivity index (χ2n) is 7.60. The van der Waals surface area contributed by atoms with Gasteiger partial charge in [-0.3, -0.25) is 9.67 Å². The van der Waals surface area contributed by atoms with Crippen molar-refractivity contribution in [3.05, 3.63) is 18.0 Å². The Morgan fingerprint density at radius 2 is 2.27 bits per heavy atom. The summed E-state index contributed by atoms with van der Waals surface area (Å²) in [6.07, 6.45) is 10.3. The predicted octanol–water partition coefficient (Wildman–Crippen LogP) is 1.97. The minimum Gasteiger partial charge on any atom is -0.385 e. The van der Waals surface area contributed by atoms with Crippen molar-refractivity contribution in [2.75, 3.05) is 47.0 Å². The van der Waals surface area contributed by atoms with Gasteiger partial charge < -0.3 is 19.7 Å². The number of aryl methyl sites for hydroxylation is 1. The second-order valence-corrected chi connectivity index (χ2v) is 7.60. The fourth-order valence-electron chi connectivity index (χ4n) is 4.21. The molecule has 1 aliphatic carbocycles. The summed E-state index contributed by atoms with van der Waals surface area (Å²) in [6, 6.07) is 0. The highest BCUT2D eigenvalue weighted by molar-refractivity contribution is 5.80. The molecule has 0 spiro atoms. The molecule has 0 bridgehead atoms. The topological polar surface area (TPSA) is 63.9 Å². The average molecular weight is 364 g/mol. The molecule has 26 heavy (non-hydrogen) atoms. The van der Waals surface area contributed by atoms with Crippen molar-refractivity contribution in [2.45, 2.75) is 38.2 Å². The molecule has 2 fully saturated rings. The van der Waals surface area contributed by atoms with Gasteiger partial charge in [-0.15, -0.1) is 0 Å². The van der Waals surface area contributed by atoms with Crippen molar-refractivity contribution in [3.8, 4) is 0 Å². The Labute approximate surface area is 156 Å². The predicted molar refractivity (Wildman–Crippen MR) is 102 cm³/mol. The zero-order valence-corrected chi connectivity index (χ0v) is 16.4. The van der Waals surface area contributed by atoms with Gasteiger partial charge in [-0.2, -0.15) is 5.10 Å². The molecule has 1 aromatic rings. The van der Waals surface area contributed by atoms with Crippen LogP contribution < -0.4 is 5.32 Å². The number of hydrogen-bond donors (Lipinski definition) is 1. The fraction of sp³-hybridized carbons (Fsp3) is 0.789. The molecule has 1 unspecified atom stereocenters. The van der Waals surface area contributed by atoms with Crippen molar-refractivity contribution in [1.82, 2.24) is 20.0 Å². The first kappa shape index (κ1) is 19.2. The molecule has 0 radical (unpaired) electrons. The third kappa shape index (κ3) is 4.57. The Kier molecular flexibility index (Phi) is 6.53. The standard InChI is InChI=1S/C19H33N5O2/c1-20-18(21-15-19(8-10-25-3)6-4-5-7-19)24-9-11-26-17(14-24)16-12-22-23(2)13-16/h12-13,17H,4-11,14-15H2,1-3H3,(H,20,21). The van der Waals surface area contributed by atoms with Crippen LogP contribution in [0.3, 0.4) is 0 Å². The number of morpholine rings is 1. The van der Waals surface area contributed by atoms with Crippen LogP contribution in [0.2, 0.25) is 0 Å². The highest BCUT2D eigenvalue weighted by Crippen LogP contribution is 2.40. The number of ether oxygens (including phenoxy) is 2. The Hall–Kier alpha value is -1.60. The van der Waals surface area contributed by atoms with Crippen molar-refractivity contribution >= 4 is 5.96 Å². The maximum atomic E-state index is 5.96. The lowest BCUT2D eigenvalue weighted by Crippen LogP contribution is -2.50. The van der Waals surface area contributed by atoms with E-state index in [4.69, 9.17) is 9.47 Å². The van der Waals surface area contributed by atoms with Crippen LogP contribution in [-0.2, 0) is 16.5 Å². The van der Waals surface area contributed by atoms with E-state index in [2.05, 4.69) is 20.3 Å².